The number of hydrogen-bond donors (Lipinski definition) is 3. The Morgan fingerprint density at radius 2 is 1.24 bits per heavy atom. The maximum atomic E-state index is 11.1. The van der Waals surface area contributed by atoms with Gasteiger partial charge in [-0.1, -0.05) is 0 Å². The number of azo groups is 1. The number of benzene rings is 2. The molecular weight excluding hydrogens is 392 g/mol. The Kier molecular flexibility index (Phi) is 9.42. The van der Waals surface area contributed by atoms with Gasteiger partial charge in [0, 0.05) is 0 Å². The monoisotopic (exact) mass is 405 g/mol. The molecule has 0 bridgehead atoms. The van der Waals surface area contributed by atoms with Crippen LogP contribution < -0.4 is 5.73 Å². The quantitative estimate of drug-likeness (QED) is 0.295. The second-order valence-electron chi connectivity index (χ2n) is 4.37. The summed E-state index contributed by atoms with van der Waals surface area (Å²) in [6.07, 6.45) is 0. The molecule has 0 amide bonds. The molecule has 0 saturated heterocycles. The second-order valence-corrected chi connectivity index (χ2v) is 7.18. The predicted octanol–water partition coefficient (Wildman–Crippen LogP) is 0.881. The summed E-state index contributed by atoms with van der Waals surface area (Å²) in [5, 5.41) is 7.55. The third-order valence-electron chi connectivity index (χ3n) is 2.69. The van der Waals surface area contributed by atoms with Crippen molar-refractivity contribution in [1.29, 1.82) is 0 Å². The number of nitrogens with two attached hydrogens (primary N) is 1. The average molecular weight is 405 g/mol. The molecule has 0 saturated carbocycles. The molecule has 0 aliphatic carbocycles. The van der Waals surface area contributed by atoms with Crippen LogP contribution in [-0.2, 0) is 20.2 Å². The van der Waals surface area contributed by atoms with E-state index in [1.165, 1.54) is 24.3 Å². The van der Waals surface area contributed by atoms with Gasteiger partial charge in [0.25, 0.3) is 20.2 Å². The topological polar surface area (TPSA) is 159 Å². The summed E-state index contributed by atoms with van der Waals surface area (Å²) in [5.74, 6) is 0. The minimum absolute atomic E-state index is 0. The van der Waals surface area contributed by atoms with E-state index in [1.54, 1.807) is 0 Å². The van der Waals surface area contributed by atoms with Crippen LogP contribution in [0.2, 0.25) is 0 Å². The van der Waals surface area contributed by atoms with Crippen LogP contribution in [0.4, 0.5) is 17.1 Å². The van der Waals surface area contributed by atoms with Crippen molar-refractivity contribution < 1.29 is 25.9 Å². The van der Waals surface area contributed by atoms with Crippen LogP contribution in [0, 0.1) is 0 Å². The molecule has 9 nitrogen and oxygen atoms in total. The van der Waals surface area contributed by atoms with Crippen LogP contribution in [0.3, 0.4) is 0 Å². The van der Waals surface area contributed by atoms with Gasteiger partial charge in [-0.25, -0.2) is 0 Å². The van der Waals surface area contributed by atoms with Crippen molar-refractivity contribution in [3.63, 3.8) is 0 Å². The Morgan fingerprint density at radius 1 is 0.760 bits per heavy atom. The Bertz CT molecular complexity index is 976. The summed E-state index contributed by atoms with van der Waals surface area (Å²) >= 11 is 0. The van der Waals surface area contributed by atoms with E-state index in [9.17, 15) is 16.8 Å². The van der Waals surface area contributed by atoms with E-state index in [-0.39, 0.29) is 81.1 Å². The van der Waals surface area contributed by atoms with Crippen molar-refractivity contribution >= 4 is 96.4 Å². The van der Waals surface area contributed by atoms with Crippen LogP contribution in [-0.4, -0.2) is 85.1 Å². The molecule has 0 aromatic heterocycles. The van der Waals surface area contributed by atoms with Crippen molar-refractivity contribution in [3.05, 3.63) is 42.5 Å². The molecule has 0 fully saturated rings. The Hall–Kier alpha value is -0.340. The fourth-order valence-electron chi connectivity index (χ4n) is 1.61. The van der Waals surface area contributed by atoms with Gasteiger partial charge in [-0.3, -0.25) is 9.11 Å². The fraction of sp³-hybridized carbons (Fsp3) is 0. The zero-order valence-corrected chi connectivity index (χ0v) is 13.0. The summed E-state index contributed by atoms with van der Waals surface area (Å²) in [6, 6.07) is 8.55. The van der Waals surface area contributed by atoms with Gasteiger partial charge in [0.15, 0.2) is 0 Å². The molecule has 0 heterocycles. The molecule has 126 valence electrons. The molecule has 4 N–H and O–H groups in total. The van der Waals surface area contributed by atoms with E-state index in [0.717, 1.165) is 18.2 Å². The summed E-state index contributed by atoms with van der Waals surface area (Å²) in [5.41, 5.74) is 5.70. The standard InChI is InChI=1S/C12H11N3O6S2.2Na.2H/c13-11-6-3-9(7-12(11)23(19,20)21)15-14-8-1-4-10(5-2-8)22(16,17)18;;;;/h1-7H,13H2,(H,16,17,18)(H,19,20,21);;;;/b15-14+;;;;. The molecule has 13 heteroatoms. The van der Waals surface area contributed by atoms with Crippen molar-refractivity contribution in [3.8, 4) is 0 Å². The predicted molar refractivity (Wildman–Crippen MR) is 95.4 cm³/mol. The number of anilines is 1. The van der Waals surface area contributed by atoms with Crippen molar-refractivity contribution in [2.45, 2.75) is 9.79 Å². The van der Waals surface area contributed by atoms with Gasteiger partial charge in [0.1, 0.15) is 4.90 Å². The average Bonchev–Trinajstić information content (AvgIpc) is 2.44. The van der Waals surface area contributed by atoms with E-state index in [4.69, 9.17) is 14.8 Å². The van der Waals surface area contributed by atoms with Gasteiger partial charge >= 0.3 is 59.1 Å². The normalized spacial score (nSPS) is 11.6. The third kappa shape index (κ3) is 7.06. The first-order valence-electron chi connectivity index (χ1n) is 5.94. The SMILES string of the molecule is Nc1ccc(/N=N/c2ccc(S(=O)(=O)O)cc2)cc1S(=O)(=O)O.[NaH].[NaH]. The van der Waals surface area contributed by atoms with E-state index in [2.05, 4.69) is 10.2 Å². The van der Waals surface area contributed by atoms with Crippen molar-refractivity contribution in [1.82, 2.24) is 0 Å². The van der Waals surface area contributed by atoms with Crippen LogP contribution in [0.1, 0.15) is 0 Å². The molecule has 0 aliphatic heterocycles. The number of nitrogens with zero attached hydrogens (tertiary/aromatic N) is 2. The second kappa shape index (κ2) is 9.55. The van der Waals surface area contributed by atoms with Crippen LogP contribution in [0.25, 0.3) is 0 Å². The zero-order valence-electron chi connectivity index (χ0n) is 11.4. The third-order valence-corrected chi connectivity index (χ3v) is 4.47. The van der Waals surface area contributed by atoms with Crippen molar-refractivity contribution in [2.75, 3.05) is 5.73 Å². The van der Waals surface area contributed by atoms with Gasteiger partial charge in [-0.15, -0.1) is 0 Å². The van der Waals surface area contributed by atoms with E-state index >= 15 is 0 Å². The molecular formula is C12H13N3Na2O6S2. The Morgan fingerprint density at radius 3 is 1.72 bits per heavy atom. The summed E-state index contributed by atoms with van der Waals surface area (Å²) < 4.78 is 61.9. The molecule has 0 spiro atoms. The molecule has 0 radical (unpaired) electrons. The zero-order chi connectivity index (χ0) is 17.3. The number of nitrogen functional groups attached to an aromatic ring is 1. The van der Waals surface area contributed by atoms with Gasteiger partial charge in [0.2, 0.25) is 0 Å². The molecule has 0 aliphatic rings. The molecule has 0 atom stereocenters. The summed E-state index contributed by atoms with van der Waals surface area (Å²) in [4.78, 5) is -0.784. The maximum absolute atomic E-state index is 11.1. The molecule has 0 unspecified atom stereocenters. The van der Waals surface area contributed by atoms with E-state index < -0.39 is 25.1 Å². The summed E-state index contributed by atoms with van der Waals surface area (Å²) in [6.45, 7) is 0. The van der Waals surface area contributed by atoms with Crippen LogP contribution >= 0.6 is 0 Å². The van der Waals surface area contributed by atoms with Gasteiger partial charge in [0.05, 0.1) is 22.0 Å². The van der Waals surface area contributed by atoms with Gasteiger partial charge < -0.3 is 5.73 Å². The van der Waals surface area contributed by atoms with E-state index in [0.29, 0.717) is 0 Å². The molecule has 2 rings (SSSR count). The minimum atomic E-state index is -4.48. The van der Waals surface area contributed by atoms with Gasteiger partial charge in [-0.2, -0.15) is 27.1 Å². The molecule has 25 heavy (non-hydrogen) atoms. The first-order valence-corrected chi connectivity index (χ1v) is 8.82. The van der Waals surface area contributed by atoms with Crippen LogP contribution in [0.5, 0.6) is 0 Å². The van der Waals surface area contributed by atoms with Crippen LogP contribution in [0.15, 0.2) is 62.5 Å². The Balaban J connectivity index is 0.00000288. The Labute approximate surface area is 188 Å². The van der Waals surface area contributed by atoms with Gasteiger partial charge in [-0.05, 0) is 42.5 Å². The first kappa shape index (κ1) is 24.7. The summed E-state index contributed by atoms with van der Waals surface area (Å²) in [7, 11) is -8.78. The number of rotatable bonds is 4. The number of hydrogen-bond acceptors (Lipinski definition) is 7. The fourth-order valence-corrected chi connectivity index (χ4v) is 2.72. The van der Waals surface area contributed by atoms with Crippen molar-refractivity contribution in [2.24, 2.45) is 10.2 Å². The first-order chi connectivity index (χ1) is 10.6. The molecule has 2 aromatic rings. The van der Waals surface area contributed by atoms with E-state index in [1.807, 2.05) is 0 Å². The molecule has 2 aromatic carbocycles.